The third-order valence-electron chi connectivity index (χ3n) is 4.87. The van der Waals surface area contributed by atoms with Crippen LogP contribution in [-0.4, -0.2) is 25.1 Å². The smallest absolute Gasteiger partial charge is 0.265 e. The van der Waals surface area contributed by atoms with Crippen molar-refractivity contribution >= 4 is 21.6 Å². The molecule has 0 saturated carbocycles. The quantitative estimate of drug-likeness (QED) is 0.552. The Hall–Kier alpha value is -3.89. The Kier molecular flexibility index (Phi) is 5.56. The molecule has 1 heterocycles. The minimum Gasteiger partial charge on any atom is -0.476 e. The van der Waals surface area contributed by atoms with E-state index in [0.717, 1.165) is 4.31 Å². The maximum Gasteiger partial charge on any atom is 0.265 e. The first-order valence-electron chi connectivity index (χ1n) is 9.54. The number of sulfonamides is 1. The van der Waals surface area contributed by atoms with Crippen LogP contribution in [-0.2, 0) is 21.3 Å². The lowest BCUT2D eigenvalue weighted by Gasteiger charge is -2.33. The molecule has 0 amide bonds. The predicted octanol–water partition coefficient (Wildman–Crippen LogP) is 3.98. The number of benzene rings is 3. The number of ether oxygens (including phenoxy) is 1. The van der Waals surface area contributed by atoms with E-state index in [1.54, 1.807) is 72.8 Å². The van der Waals surface area contributed by atoms with Gasteiger partial charge in [0.15, 0.2) is 12.4 Å². The van der Waals surface area contributed by atoms with Gasteiger partial charge in [-0.25, -0.2) is 8.42 Å². The maximum atomic E-state index is 13.6. The fraction of sp³-hybridized carbons (Fsp3) is 0.0833. The highest BCUT2D eigenvalue weighted by atomic mass is 32.2. The van der Waals surface area contributed by atoms with Crippen molar-refractivity contribution in [3.05, 3.63) is 107 Å². The minimum atomic E-state index is -4.05. The molecule has 6 nitrogen and oxygen atoms in total. The van der Waals surface area contributed by atoms with Crippen molar-refractivity contribution in [1.29, 1.82) is 5.26 Å². The molecule has 0 aliphatic carbocycles. The molecule has 0 radical (unpaired) electrons. The van der Waals surface area contributed by atoms with Crippen LogP contribution in [0.5, 0.6) is 0 Å². The molecule has 0 bridgehead atoms. The van der Waals surface area contributed by atoms with Gasteiger partial charge >= 0.3 is 0 Å². The van der Waals surface area contributed by atoms with Crippen LogP contribution in [0, 0.1) is 11.3 Å². The van der Waals surface area contributed by atoms with Gasteiger partial charge in [-0.15, -0.1) is 0 Å². The summed E-state index contributed by atoms with van der Waals surface area (Å²) < 4.78 is 33.9. The summed E-state index contributed by atoms with van der Waals surface area (Å²) in [6.07, 6.45) is 0. The second kappa shape index (κ2) is 8.46. The summed E-state index contributed by atoms with van der Waals surface area (Å²) in [6.45, 7) is -0.376. The fourth-order valence-electron chi connectivity index (χ4n) is 3.47. The zero-order valence-corrected chi connectivity index (χ0v) is 17.2. The normalized spacial score (nSPS) is 14.5. The van der Waals surface area contributed by atoms with Crippen LogP contribution in [0.15, 0.2) is 95.5 Å². The molecule has 1 aliphatic heterocycles. The summed E-state index contributed by atoms with van der Waals surface area (Å²) >= 11 is 0. The van der Waals surface area contributed by atoms with Gasteiger partial charge in [-0.1, -0.05) is 72.8 Å². The lowest BCUT2D eigenvalue weighted by Crippen LogP contribution is -2.38. The number of fused-ring (bicyclic) bond motifs is 1. The largest absolute Gasteiger partial charge is 0.476 e. The van der Waals surface area contributed by atoms with Crippen LogP contribution in [0.2, 0.25) is 0 Å². The molecular formula is C24H18N2O4S. The molecule has 0 atom stereocenters. The van der Waals surface area contributed by atoms with Crippen LogP contribution in [0.3, 0.4) is 0 Å². The van der Waals surface area contributed by atoms with Crippen molar-refractivity contribution in [3.63, 3.8) is 0 Å². The summed E-state index contributed by atoms with van der Waals surface area (Å²) in [5.74, 6) is -0.417. The molecule has 0 fully saturated rings. The van der Waals surface area contributed by atoms with E-state index in [9.17, 15) is 13.2 Å². The summed E-state index contributed by atoms with van der Waals surface area (Å²) in [4.78, 5) is 13.6. The number of carbonyl (C=O) groups is 1. The second-order valence-electron chi connectivity index (χ2n) is 6.81. The molecule has 4 rings (SSSR count). The molecule has 1 aliphatic rings. The zero-order valence-electron chi connectivity index (χ0n) is 16.4. The third-order valence-corrected chi connectivity index (χ3v) is 6.67. The van der Waals surface area contributed by atoms with E-state index in [0.29, 0.717) is 11.1 Å². The Labute approximate surface area is 180 Å². The highest BCUT2D eigenvalue weighted by Crippen LogP contribution is 2.39. The van der Waals surface area contributed by atoms with Crippen LogP contribution in [0.1, 0.15) is 21.5 Å². The minimum absolute atomic E-state index is 0.0310. The molecule has 7 heteroatoms. The van der Waals surface area contributed by atoms with Crippen LogP contribution in [0.4, 0.5) is 0 Å². The van der Waals surface area contributed by atoms with Crippen molar-refractivity contribution in [3.8, 4) is 6.07 Å². The van der Waals surface area contributed by atoms with Crippen LogP contribution < -0.4 is 0 Å². The summed E-state index contributed by atoms with van der Waals surface area (Å²) in [5, 5.41) is 9.08. The van der Waals surface area contributed by atoms with Crippen molar-refractivity contribution in [1.82, 2.24) is 4.31 Å². The van der Waals surface area contributed by atoms with Crippen LogP contribution in [0.25, 0.3) is 5.76 Å². The first-order chi connectivity index (χ1) is 15.0. The van der Waals surface area contributed by atoms with Gasteiger partial charge in [-0.3, -0.25) is 9.10 Å². The molecule has 154 valence electrons. The highest BCUT2D eigenvalue weighted by molar-refractivity contribution is 7.89. The van der Waals surface area contributed by atoms with Crippen molar-refractivity contribution in [2.75, 3.05) is 6.61 Å². The summed E-state index contributed by atoms with van der Waals surface area (Å²) in [5.41, 5.74) is 1.19. The molecular weight excluding hydrogens is 412 g/mol. The predicted molar refractivity (Wildman–Crippen MR) is 115 cm³/mol. The van der Waals surface area contributed by atoms with Gasteiger partial charge in [0.2, 0.25) is 5.78 Å². The van der Waals surface area contributed by atoms with Crippen molar-refractivity contribution in [2.45, 2.75) is 11.4 Å². The number of rotatable bonds is 6. The Morgan fingerprint density at radius 1 is 0.903 bits per heavy atom. The van der Waals surface area contributed by atoms with E-state index in [2.05, 4.69) is 0 Å². The van der Waals surface area contributed by atoms with Gasteiger partial charge < -0.3 is 4.74 Å². The van der Waals surface area contributed by atoms with Crippen molar-refractivity contribution in [2.24, 2.45) is 0 Å². The van der Waals surface area contributed by atoms with Gasteiger partial charge in [0, 0.05) is 11.1 Å². The fourth-order valence-corrected chi connectivity index (χ4v) is 5.12. The number of hydrogen-bond acceptors (Lipinski definition) is 5. The molecule has 0 N–H and O–H groups in total. The Bertz CT molecular complexity index is 1290. The monoisotopic (exact) mass is 430 g/mol. The van der Waals surface area contributed by atoms with E-state index in [1.165, 1.54) is 6.07 Å². The molecule has 31 heavy (non-hydrogen) atoms. The molecule has 3 aromatic rings. The molecule has 3 aromatic carbocycles. The number of nitriles is 1. The number of nitrogens with zero attached hydrogens (tertiary/aromatic N) is 2. The van der Waals surface area contributed by atoms with Gasteiger partial charge in [0.1, 0.15) is 11.8 Å². The lowest BCUT2D eigenvalue weighted by atomic mass is 10.0. The Balaban J connectivity index is 1.98. The number of hydrogen-bond donors (Lipinski definition) is 0. The van der Waals surface area contributed by atoms with E-state index in [1.807, 2.05) is 12.1 Å². The average molecular weight is 430 g/mol. The summed E-state index contributed by atoms with van der Waals surface area (Å²) in [7, 11) is -4.05. The summed E-state index contributed by atoms with van der Waals surface area (Å²) in [6, 6.07) is 25.7. The lowest BCUT2D eigenvalue weighted by molar-refractivity contribution is 0.100. The van der Waals surface area contributed by atoms with Gasteiger partial charge in [-0.2, -0.15) is 5.26 Å². The molecule has 0 unspecified atom stereocenters. The Morgan fingerprint density at radius 2 is 1.52 bits per heavy atom. The first-order valence-corrected chi connectivity index (χ1v) is 11.0. The van der Waals surface area contributed by atoms with E-state index in [4.69, 9.17) is 10.00 Å². The van der Waals surface area contributed by atoms with Crippen molar-refractivity contribution < 1.29 is 17.9 Å². The standard InChI is InChI=1S/C24H18N2O4S/c25-15-16-30-24-20-13-7-8-14-21(20)31(28,29)26(17-18-9-3-1-4-10-18)22(24)23(27)19-11-5-2-6-12-19/h1-14H,16-17H2. The number of allylic oxidation sites excluding steroid dienone is 1. The number of carbonyl (C=O) groups excluding carboxylic acids is 1. The van der Waals surface area contributed by atoms with Gasteiger partial charge in [0.05, 0.1) is 11.4 Å². The van der Waals surface area contributed by atoms with E-state index >= 15 is 0 Å². The Morgan fingerprint density at radius 3 is 2.19 bits per heavy atom. The second-order valence-corrected chi connectivity index (χ2v) is 8.64. The SMILES string of the molecule is N#CCOC1=C(C(=O)c2ccccc2)N(Cc2ccccc2)S(=O)(=O)c2ccccc21. The molecule has 0 spiro atoms. The van der Waals surface area contributed by atoms with E-state index in [-0.39, 0.29) is 35.1 Å². The zero-order chi connectivity index (χ0) is 21.8. The maximum absolute atomic E-state index is 13.6. The first kappa shape index (κ1) is 20.4. The highest BCUT2D eigenvalue weighted by Gasteiger charge is 2.41. The number of Topliss-reactive ketones (excluding diaryl/α,β-unsaturated/α-hetero) is 1. The molecule has 0 saturated heterocycles. The van der Waals surface area contributed by atoms with Gasteiger partial charge in [0.25, 0.3) is 10.0 Å². The van der Waals surface area contributed by atoms with Crippen LogP contribution >= 0.6 is 0 Å². The topological polar surface area (TPSA) is 87.5 Å². The molecule has 0 aromatic heterocycles. The third kappa shape index (κ3) is 3.81. The average Bonchev–Trinajstić information content (AvgIpc) is 2.81. The van der Waals surface area contributed by atoms with E-state index < -0.39 is 15.8 Å². The number of ketones is 1. The van der Waals surface area contributed by atoms with Gasteiger partial charge in [-0.05, 0) is 17.7 Å².